The topological polar surface area (TPSA) is 84.7 Å². The van der Waals surface area contributed by atoms with Gasteiger partial charge in [0, 0.05) is 6.04 Å². The molecule has 0 unspecified atom stereocenters. The van der Waals surface area contributed by atoms with Crippen LogP contribution in [0.5, 0.6) is 0 Å². The molecule has 1 heterocycles. The van der Waals surface area contributed by atoms with E-state index in [2.05, 4.69) is 5.32 Å². The van der Waals surface area contributed by atoms with Gasteiger partial charge < -0.3 is 20.7 Å². The van der Waals surface area contributed by atoms with E-state index in [0.717, 1.165) is 25.9 Å². The zero-order chi connectivity index (χ0) is 13.5. The van der Waals surface area contributed by atoms with Gasteiger partial charge in [-0.1, -0.05) is 0 Å². The number of nitrogens with zero attached hydrogens (tertiary/aromatic N) is 1. The number of rotatable bonds is 6. The van der Waals surface area contributed by atoms with Gasteiger partial charge in [-0.3, -0.25) is 9.59 Å². The zero-order valence-corrected chi connectivity index (χ0v) is 11.1. The monoisotopic (exact) mass is 257 g/mol. The van der Waals surface area contributed by atoms with Gasteiger partial charge in [-0.05, 0) is 39.8 Å². The maximum atomic E-state index is 12.1. The molecule has 0 atom stereocenters. The minimum atomic E-state index is -0.480. The fourth-order valence-corrected chi connectivity index (χ4v) is 2.03. The highest BCUT2D eigenvalue weighted by atomic mass is 16.5. The van der Waals surface area contributed by atoms with Gasteiger partial charge in [-0.2, -0.15) is 0 Å². The number of hydrogen-bond acceptors (Lipinski definition) is 4. The van der Waals surface area contributed by atoms with Crippen LogP contribution in [0.3, 0.4) is 0 Å². The number of primary amides is 1. The highest BCUT2D eigenvalue weighted by Crippen LogP contribution is 2.12. The van der Waals surface area contributed by atoms with Crippen molar-refractivity contribution >= 4 is 11.8 Å². The number of nitrogens with one attached hydrogen (secondary N) is 1. The van der Waals surface area contributed by atoms with Gasteiger partial charge in [-0.25, -0.2) is 0 Å². The van der Waals surface area contributed by atoms with E-state index in [4.69, 9.17) is 10.5 Å². The summed E-state index contributed by atoms with van der Waals surface area (Å²) in [5, 5.41) is 3.23. The van der Waals surface area contributed by atoms with Crippen LogP contribution in [-0.2, 0) is 14.3 Å². The standard InChI is InChI=1S/C12H23N3O3/c1-9(2)18-8-12(17)15(7-11(13)16)10-3-5-14-6-4-10/h9-10,14H,3-8H2,1-2H3,(H2,13,16). The summed E-state index contributed by atoms with van der Waals surface area (Å²) in [7, 11) is 0. The van der Waals surface area contributed by atoms with E-state index in [1.165, 1.54) is 0 Å². The normalized spacial score (nSPS) is 16.8. The van der Waals surface area contributed by atoms with Crippen molar-refractivity contribution in [2.24, 2.45) is 5.73 Å². The van der Waals surface area contributed by atoms with E-state index in [0.29, 0.717) is 0 Å². The van der Waals surface area contributed by atoms with E-state index in [-0.39, 0.29) is 31.2 Å². The molecule has 0 saturated carbocycles. The molecule has 6 nitrogen and oxygen atoms in total. The zero-order valence-electron chi connectivity index (χ0n) is 11.1. The second-order valence-electron chi connectivity index (χ2n) is 4.83. The van der Waals surface area contributed by atoms with Crippen molar-refractivity contribution in [2.45, 2.75) is 38.8 Å². The third-order valence-corrected chi connectivity index (χ3v) is 2.94. The Kier molecular flexibility index (Phi) is 6.07. The van der Waals surface area contributed by atoms with Crippen molar-refractivity contribution in [1.82, 2.24) is 10.2 Å². The van der Waals surface area contributed by atoms with E-state index in [9.17, 15) is 9.59 Å². The maximum Gasteiger partial charge on any atom is 0.249 e. The average molecular weight is 257 g/mol. The lowest BCUT2D eigenvalue weighted by Gasteiger charge is -2.34. The van der Waals surface area contributed by atoms with E-state index in [1.54, 1.807) is 4.90 Å². The molecule has 0 aromatic rings. The third-order valence-electron chi connectivity index (χ3n) is 2.94. The van der Waals surface area contributed by atoms with Crippen molar-refractivity contribution in [1.29, 1.82) is 0 Å². The minimum absolute atomic E-state index is 0.00241. The van der Waals surface area contributed by atoms with E-state index < -0.39 is 5.91 Å². The molecular formula is C12H23N3O3. The summed E-state index contributed by atoms with van der Waals surface area (Å²) in [5.74, 6) is -0.638. The quantitative estimate of drug-likeness (QED) is 0.670. The largest absolute Gasteiger partial charge is 0.369 e. The summed E-state index contributed by atoms with van der Waals surface area (Å²) in [4.78, 5) is 24.7. The Hall–Kier alpha value is -1.14. The first-order chi connectivity index (χ1) is 8.50. The predicted octanol–water partition coefficient (Wildman–Crippen LogP) is -0.523. The average Bonchev–Trinajstić information content (AvgIpc) is 2.34. The molecule has 6 heteroatoms. The molecule has 0 aliphatic carbocycles. The van der Waals surface area contributed by atoms with Crippen molar-refractivity contribution in [3.63, 3.8) is 0 Å². The molecule has 1 aliphatic rings. The van der Waals surface area contributed by atoms with Crippen molar-refractivity contribution in [2.75, 3.05) is 26.2 Å². The number of nitrogens with two attached hydrogens (primary N) is 1. The van der Waals surface area contributed by atoms with Crippen molar-refractivity contribution in [3.05, 3.63) is 0 Å². The first-order valence-electron chi connectivity index (χ1n) is 6.40. The molecule has 3 N–H and O–H groups in total. The molecule has 0 aromatic heterocycles. The molecule has 0 radical (unpaired) electrons. The predicted molar refractivity (Wildman–Crippen MR) is 67.9 cm³/mol. The van der Waals surface area contributed by atoms with Crippen LogP contribution >= 0.6 is 0 Å². The summed E-state index contributed by atoms with van der Waals surface area (Å²) in [6.45, 7) is 5.45. The van der Waals surface area contributed by atoms with Crippen LogP contribution in [0.1, 0.15) is 26.7 Å². The van der Waals surface area contributed by atoms with Gasteiger partial charge in [0.25, 0.3) is 0 Å². The molecule has 1 saturated heterocycles. The Bertz CT molecular complexity index is 288. The summed E-state index contributed by atoms with van der Waals surface area (Å²) >= 11 is 0. The first-order valence-corrected chi connectivity index (χ1v) is 6.40. The number of hydrogen-bond donors (Lipinski definition) is 2. The Balaban J connectivity index is 2.58. The molecule has 104 valence electrons. The summed E-state index contributed by atoms with van der Waals surface area (Å²) in [6.07, 6.45) is 1.69. The lowest BCUT2D eigenvalue weighted by atomic mass is 10.0. The summed E-state index contributed by atoms with van der Waals surface area (Å²) in [6, 6.07) is 0.0852. The highest BCUT2D eigenvalue weighted by Gasteiger charge is 2.26. The van der Waals surface area contributed by atoms with E-state index >= 15 is 0 Å². The van der Waals surface area contributed by atoms with Crippen LogP contribution in [0.25, 0.3) is 0 Å². The molecule has 1 fully saturated rings. The molecule has 18 heavy (non-hydrogen) atoms. The van der Waals surface area contributed by atoms with Crippen LogP contribution in [0, 0.1) is 0 Å². The van der Waals surface area contributed by atoms with Crippen LogP contribution in [0.2, 0.25) is 0 Å². The van der Waals surface area contributed by atoms with Gasteiger partial charge in [-0.15, -0.1) is 0 Å². The van der Waals surface area contributed by atoms with Gasteiger partial charge in [0.05, 0.1) is 12.6 Å². The van der Waals surface area contributed by atoms with Crippen molar-refractivity contribution < 1.29 is 14.3 Å². The fraction of sp³-hybridized carbons (Fsp3) is 0.833. The number of carbonyl (C=O) groups is 2. The van der Waals surface area contributed by atoms with Crippen LogP contribution in [-0.4, -0.2) is 55.1 Å². The van der Waals surface area contributed by atoms with Crippen molar-refractivity contribution in [3.8, 4) is 0 Å². The number of carbonyl (C=O) groups excluding carboxylic acids is 2. The van der Waals surface area contributed by atoms with Gasteiger partial charge in [0.1, 0.15) is 6.61 Å². The molecule has 0 spiro atoms. The Morgan fingerprint density at radius 3 is 2.50 bits per heavy atom. The third kappa shape index (κ3) is 5.01. The van der Waals surface area contributed by atoms with Gasteiger partial charge in [0.15, 0.2) is 0 Å². The fourth-order valence-electron chi connectivity index (χ4n) is 2.03. The summed E-state index contributed by atoms with van der Waals surface area (Å²) < 4.78 is 5.30. The first kappa shape index (κ1) is 14.9. The number of ether oxygens (including phenoxy) is 1. The number of amides is 2. The van der Waals surface area contributed by atoms with Crippen LogP contribution < -0.4 is 11.1 Å². The molecule has 0 bridgehead atoms. The number of piperidine rings is 1. The smallest absolute Gasteiger partial charge is 0.249 e. The molecular weight excluding hydrogens is 234 g/mol. The lowest BCUT2D eigenvalue weighted by Crippen LogP contribution is -2.50. The second kappa shape index (κ2) is 7.33. The Labute approximate surface area is 108 Å². The molecule has 1 rings (SSSR count). The van der Waals surface area contributed by atoms with Gasteiger partial charge >= 0.3 is 0 Å². The molecule has 0 aromatic carbocycles. The highest BCUT2D eigenvalue weighted by molar-refractivity contribution is 5.84. The Morgan fingerprint density at radius 2 is 2.00 bits per heavy atom. The lowest BCUT2D eigenvalue weighted by molar-refractivity contribution is -0.143. The maximum absolute atomic E-state index is 12.1. The van der Waals surface area contributed by atoms with Gasteiger partial charge in [0.2, 0.25) is 11.8 Å². The summed E-state index contributed by atoms with van der Waals surface area (Å²) in [5.41, 5.74) is 5.20. The SMILES string of the molecule is CC(C)OCC(=O)N(CC(N)=O)C1CCNCC1. The van der Waals surface area contributed by atoms with E-state index in [1.807, 2.05) is 13.8 Å². The molecule has 1 aliphatic heterocycles. The molecule has 2 amide bonds. The minimum Gasteiger partial charge on any atom is -0.369 e. The van der Waals surface area contributed by atoms with Crippen LogP contribution in [0.15, 0.2) is 0 Å². The van der Waals surface area contributed by atoms with Crippen LogP contribution in [0.4, 0.5) is 0 Å². The second-order valence-corrected chi connectivity index (χ2v) is 4.83. The Morgan fingerprint density at radius 1 is 1.39 bits per heavy atom.